The van der Waals surface area contributed by atoms with E-state index in [1.807, 2.05) is 19.0 Å². The van der Waals surface area contributed by atoms with Crippen LogP contribution in [0.4, 0.5) is 11.9 Å². The molecule has 0 spiro atoms. The van der Waals surface area contributed by atoms with Crippen LogP contribution in [0.15, 0.2) is 28.8 Å². The summed E-state index contributed by atoms with van der Waals surface area (Å²) in [6.07, 6.45) is 5.97. The molecule has 0 aliphatic heterocycles. The monoisotopic (exact) mass is 291 g/mol. The molecule has 20 heavy (non-hydrogen) atoms. The summed E-state index contributed by atoms with van der Waals surface area (Å²) in [6, 6.07) is 0. The first-order valence-electron chi connectivity index (χ1n) is 6.30. The molecule has 0 saturated carbocycles. The van der Waals surface area contributed by atoms with E-state index in [1.54, 1.807) is 18.6 Å². The molecular formula is C12H17N7S. The lowest BCUT2D eigenvalue weighted by Gasteiger charge is -2.12. The van der Waals surface area contributed by atoms with E-state index in [4.69, 9.17) is 0 Å². The van der Waals surface area contributed by atoms with Gasteiger partial charge in [-0.25, -0.2) is 4.98 Å². The molecule has 0 atom stereocenters. The SMILES string of the molecule is CCCNc1nc(Sc2cnccn2)nc(N(C)C)n1. The maximum atomic E-state index is 4.40. The first-order chi connectivity index (χ1) is 9.69. The Morgan fingerprint density at radius 3 is 2.70 bits per heavy atom. The van der Waals surface area contributed by atoms with Crippen LogP contribution in [0, 0.1) is 0 Å². The van der Waals surface area contributed by atoms with Gasteiger partial charge in [0.15, 0.2) is 0 Å². The van der Waals surface area contributed by atoms with Crippen molar-refractivity contribution >= 4 is 23.7 Å². The minimum absolute atomic E-state index is 0.581. The van der Waals surface area contributed by atoms with Gasteiger partial charge in [-0.05, 0) is 18.2 Å². The van der Waals surface area contributed by atoms with Gasteiger partial charge in [0.25, 0.3) is 0 Å². The lowest BCUT2D eigenvalue weighted by Crippen LogP contribution is -2.16. The second-order valence-corrected chi connectivity index (χ2v) is 5.20. The zero-order valence-electron chi connectivity index (χ0n) is 11.7. The summed E-state index contributed by atoms with van der Waals surface area (Å²) in [5, 5.41) is 4.53. The van der Waals surface area contributed by atoms with Crippen LogP contribution in [0.25, 0.3) is 0 Å². The van der Waals surface area contributed by atoms with Crippen molar-refractivity contribution in [1.82, 2.24) is 24.9 Å². The Labute approximate surface area is 122 Å². The molecular weight excluding hydrogens is 274 g/mol. The van der Waals surface area contributed by atoms with E-state index >= 15 is 0 Å². The molecule has 1 N–H and O–H groups in total. The summed E-state index contributed by atoms with van der Waals surface area (Å²) in [5.41, 5.74) is 0. The molecule has 0 aliphatic rings. The lowest BCUT2D eigenvalue weighted by molar-refractivity contribution is 0.850. The van der Waals surface area contributed by atoms with Crippen LogP contribution < -0.4 is 10.2 Å². The highest BCUT2D eigenvalue weighted by atomic mass is 32.2. The van der Waals surface area contributed by atoms with Crippen LogP contribution in [0.3, 0.4) is 0 Å². The predicted octanol–water partition coefficient (Wildman–Crippen LogP) is 1.70. The number of anilines is 2. The smallest absolute Gasteiger partial charge is 0.230 e. The van der Waals surface area contributed by atoms with Crippen molar-refractivity contribution in [3.63, 3.8) is 0 Å². The summed E-state index contributed by atoms with van der Waals surface area (Å²) in [6.45, 7) is 2.92. The quantitative estimate of drug-likeness (QED) is 0.861. The van der Waals surface area contributed by atoms with Gasteiger partial charge in [0.05, 0.1) is 6.20 Å². The van der Waals surface area contributed by atoms with Gasteiger partial charge in [-0.3, -0.25) is 4.98 Å². The van der Waals surface area contributed by atoms with Crippen LogP contribution >= 0.6 is 11.8 Å². The fraction of sp³-hybridized carbons (Fsp3) is 0.417. The van der Waals surface area contributed by atoms with Crippen LogP contribution in [0.5, 0.6) is 0 Å². The Hall–Kier alpha value is -1.96. The molecule has 0 bridgehead atoms. The van der Waals surface area contributed by atoms with Crippen molar-refractivity contribution < 1.29 is 0 Å². The van der Waals surface area contributed by atoms with Crippen molar-refractivity contribution in [2.45, 2.75) is 23.5 Å². The van der Waals surface area contributed by atoms with Gasteiger partial charge >= 0.3 is 0 Å². The molecule has 2 heterocycles. The van der Waals surface area contributed by atoms with Crippen molar-refractivity contribution in [2.24, 2.45) is 0 Å². The first-order valence-corrected chi connectivity index (χ1v) is 7.12. The highest BCUT2D eigenvalue weighted by Gasteiger charge is 2.09. The van der Waals surface area contributed by atoms with Gasteiger partial charge < -0.3 is 10.2 Å². The molecule has 0 radical (unpaired) electrons. The first kappa shape index (κ1) is 14.4. The van der Waals surface area contributed by atoms with E-state index < -0.39 is 0 Å². The van der Waals surface area contributed by atoms with Crippen LogP contribution in [0.2, 0.25) is 0 Å². The lowest BCUT2D eigenvalue weighted by atomic mass is 10.5. The molecule has 2 rings (SSSR count). The molecule has 0 saturated heterocycles. The Morgan fingerprint density at radius 2 is 2.05 bits per heavy atom. The average Bonchev–Trinajstić information content (AvgIpc) is 2.46. The highest BCUT2D eigenvalue weighted by Crippen LogP contribution is 2.23. The fourth-order valence-electron chi connectivity index (χ4n) is 1.34. The number of nitrogens with one attached hydrogen (secondary N) is 1. The van der Waals surface area contributed by atoms with Crippen molar-refractivity contribution in [1.29, 1.82) is 0 Å². The number of hydrogen-bond donors (Lipinski definition) is 1. The maximum absolute atomic E-state index is 4.40. The third kappa shape index (κ3) is 4.02. The Bertz CT molecular complexity index is 547. The van der Waals surface area contributed by atoms with Gasteiger partial charge in [0.1, 0.15) is 5.03 Å². The molecule has 2 aromatic rings. The summed E-state index contributed by atoms with van der Waals surface area (Å²) >= 11 is 1.36. The molecule has 0 amide bonds. The van der Waals surface area contributed by atoms with Gasteiger partial charge in [-0.1, -0.05) is 6.92 Å². The maximum Gasteiger partial charge on any atom is 0.230 e. The van der Waals surface area contributed by atoms with E-state index in [1.165, 1.54) is 11.8 Å². The molecule has 0 aromatic carbocycles. The molecule has 0 aliphatic carbocycles. The van der Waals surface area contributed by atoms with Gasteiger partial charge in [0, 0.05) is 33.0 Å². The zero-order valence-corrected chi connectivity index (χ0v) is 12.6. The number of nitrogens with zero attached hydrogens (tertiary/aromatic N) is 6. The van der Waals surface area contributed by atoms with E-state index in [9.17, 15) is 0 Å². The van der Waals surface area contributed by atoms with Crippen molar-refractivity contribution in [3.05, 3.63) is 18.6 Å². The Morgan fingerprint density at radius 1 is 1.20 bits per heavy atom. The summed E-state index contributed by atoms with van der Waals surface area (Å²) in [5.74, 6) is 1.20. The molecule has 0 fully saturated rings. The molecule has 106 valence electrons. The Kier molecular flexibility index (Phi) is 5.05. The fourth-order valence-corrected chi connectivity index (χ4v) is 2.01. The largest absolute Gasteiger partial charge is 0.354 e. The molecule has 7 nitrogen and oxygen atoms in total. The second-order valence-electron chi connectivity index (χ2n) is 4.21. The van der Waals surface area contributed by atoms with E-state index in [0.717, 1.165) is 18.0 Å². The van der Waals surface area contributed by atoms with Crippen LogP contribution in [-0.4, -0.2) is 45.6 Å². The van der Waals surface area contributed by atoms with Crippen molar-refractivity contribution in [3.8, 4) is 0 Å². The van der Waals surface area contributed by atoms with Crippen LogP contribution in [-0.2, 0) is 0 Å². The van der Waals surface area contributed by atoms with Gasteiger partial charge in [0.2, 0.25) is 17.1 Å². The van der Waals surface area contributed by atoms with Crippen LogP contribution in [0.1, 0.15) is 13.3 Å². The van der Waals surface area contributed by atoms with Crippen molar-refractivity contribution in [2.75, 3.05) is 30.9 Å². The normalized spacial score (nSPS) is 10.3. The third-order valence-corrected chi connectivity index (χ3v) is 3.06. The standard InChI is InChI=1S/C12H17N7S/c1-4-5-15-10-16-11(19(2)3)18-12(17-10)20-9-8-13-6-7-14-9/h6-8H,4-5H2,1-3H3,(H,15,16,17,18). The highest BCUT2D eigenvalue weighted by molar-refractivity contribution is 7.99. The average molecular weight is 291 g/mol. The minimum atomic E-state index is 0.581. The number of rotatable bonds is 6. The summed E-state index contributed by atoms with van der Waals surface area (Å²) < 4.78 is 0. The minimum Gasteiger partial charge on any atom is -0.354 e. The predicted molar refractivity (Wildman–Crippen MR) is 79.1 cm³/mol. The Balaban J connectivity index is 2.24. The molecule has 2 aromatic heterocycles. The topological polar surface area (TPSA) is 79.7 Å². The van der Waals surface area contributed by atoms with E-state index in [2.05, 4.69) is 37.2 Å². The van der Waals surface area contributed by atoms with E-state index in [0.29, 0.717) is 17.1 Å². The van der Waals surface area contributed by atoms with Gasteiger partial charge in [-0.15, -0.1) is 0 Å². The van der Waals surface area contributed by atoms with Gasteiger partial charge in [-0.2, -0.15) is 15.0 Å². The summed E-state index contributed by atoms with van der Waals surface area (Å²) in [7, 11) is 3.80. The third-order valence-electron chi connectivity index (χ3n) is 2.27. The number of aromatic nitrogens is 5. The summed E-state index contributed by atoms with van der Waals surface area (Å²) in [4.78, 5) is 23.2. The second kappa shape index (κ2) is 6.99. The zero-order chi connectivity index (χ0) is 14.4. The van der Waals surface area contributed by atoms with E-state index in [-0.39, 0.29) is 0 Å². The number of hydrogen-bond acceptors (Lipinski definition) is 8. The molecule has 8 heteroatoms. The molecule has 0 unspecified atom stereocenters.